The van der Waals surface area contributed by atoms with Crippen LogP contribution in [0.1, 0.15) is 5.56 Å². The van der Waals surface area contributed by atoms with Crippen molar-refractivity contribution in [2.45, 2.75) is 0 Å². The lowest BCUT2D eigenvalue weighted by Gasteiger charge is -1.93. The van der Waals surface area contributed by atoms with Gasteiger partial charge in [0.25, 0.3) is 5.90 Å². The summed E-state index contributed by atoms with van der Waals surface area (Å²) in [6, 6.07) is 7.24. The van der Waals surface area contributed by atoms with E-state index in [1.807, 2.05) is 18.2 Å². The number of hydrogen-bond donors (Lipinski definition) is 1. The van der Waals surface area contributed by atoms with Crippen LogP contribution in [0.25, 0.3) is 0 Å². The Morgan fingerprint density at radius 3 is 2.86 bits per heavy atom. The van der Waals surface area contributed by atoms with E-state index >= 15 is 0 Å². The normalized spacial score (nSPS) is 19.5. The Morgan fingerprint density at radius 1 is 1.36 bits per heavy atom. The van der Waals surface area contributed by atoms with E-state index in [4.69, 9.17) is 9.94 Å². The van der Waals surface area contributed by atoms with Crippen molar-refractivity contribution in [3.05, 3.63) is 29.8 Å². The van der Waals surface area contributed by atoms with Gasteiger partial charge in [0.1, 0.15) is 12.9 Å². The molecule has 14 heavy (non-hydrogen) atoms. The Hall–Kier alpha value is -2.04. The number of para-hydroxylation sites is 1. The molecular formula is C9H8N2O3. The van der Waals surface area contributed by atoms with E-state index in [0.717, 1.165) is 5.56 Å². The van der Waals surface area contributed by atoms with Crippen molar-refractivity contribution >= 4 is 11.6 Å². The third-order valence-electron chi connectivity index (χ3n) is 1.82. The first-order valence-corrected chi connectivity index (χ1v) is 3.97. The minimum atomic E-state index is 0.0491. The van der Waals surface area contributed by atoms with Gasteiger partial charge < -0.3 is 14.8 Å². The molecule has 0 saturated heterocycles. The maximum Gasteiger partial charge on any atom is 0.285 e. The molecule has 0 saturated carbocycles. The minimum absolute atomic E-state index is 0.0491. The number of rotatable bonds is 1. The highest BCUT2D eigenvalue weighted by Gasteiger charge is 2.27. The van der Waals surface area contributed by atoms with Crippen molar-refractivity contribution in [3.8, 4) is 5.75 Å². The van der Waals surface area contributed by atoms with Gasteiger partial charge in [-0.2, -0.15) is 0 Å². The number of oxime groups is 2. The summed E-state index contributed by atoms with van der Waals surface area (Å²) in [6.07, 6.45) is 0. The van der Waals surface area contributed by atoms with Crippen LogP contribution >= 0.6 is 0 Å². The summed E-state index contributed by atoms with van der Waals surface area (Å²) in [4.78, 5) is 4.63. The van der Waals surface area contributed by atoms with E-state index in [-0.39, 0.29) is 5.90 Å². The maximum atomic E-state index is 8.66. The molecule has 0 amide bonds. The van der Waals surface area contributed by atoms with Gasteiger partial charge in [0.05, 0.1) is 5.56 Å². The fourth-order valence-electron chi connectivity index (χ4n) is 1.27. The zero-order chi connectivity index (χ0) is 9.97. The number of benzene rings is 1. The number of hydrogen-bond acceptors (Lipinski definition) is 5. The molecule has 0 fully saturated rings. The summed E-state index contributed by atoms with van der Waals surface area (Å²) < 4.78 is 5.21. The second-order valence-corrected chi connectivity index (χ2v) is 2.63. The van der Waals surface area contributed by atoms with Crippen LogP contribution in [-0.2, 0) is 4.84 Å². The van der Waals surface area contributed by atoms with Crippen LogP contribution in [0.5, 0.6) is 5.75 Å². The largest absolute Gasteiger partial charge is 0.434 e. The van der Waals surface area contributed by atoms with Crippen LogP contribution in [0.2, 0.25) is 0 Å². The average molecular weight is 192 g/mol. The molecule has 1 aliphatic heterocycles. The molecule has 0 radical (unpaired) electrons. The number of ether oxygens (including phenoxy) is 1. The van der Waals surface area contributed by atoms with Gasteiger partial charge in [-0.05, 0) is 17.3 Å². The van der Waals surface area contributed by atoms with Crippen molar-refractivity contribution in [1.82, 2.24) is 0 Å². The molecule has 72 valence electrons. The van der Waals surface area contributed by atoms with E-state index < -0.39 is 0 Å². The highest BCUT2D eigenvalue weighted by atomic mass is 16.6. The summed E-state index contributed by atoms with van der Waals surface area (Å²) in [5.74, 6) is 0.657. The molecule has 2 rings (SSSR count). The Labute approximate surface area is 80.2 Å². The van der Waals surface area contributed by atoms with Crippen LogP contribution in [0, 0.1) is 0 Å². The van der Waals surface area contributed by atoms with E-state index in [1.54, 1.807) is 6.07 Å². The van der Waals surface area contributed by atoms with E-state index in [2.05, 4.69) is 15.1 Å². The quantitative estimate of drug-likeness (QED) is 0.537. The molecule has 0 atom stereocenters. The van der Waals surface area contributed by atoms with Crippen molar-refractivity contribution in [1.29, 1.82) is 0 Å². The molecular weight excluding hydrogens is 184 g/mol. The molecule has 5 nitrogen and oxygen atoms in total. The molecule has 1 aliphatic rings. The fraction of sp³-hybridized carbons (Fsp3) is 0.111. The summed E-state index contributed by atoms with van der Waals surface area (Å²) in [7, 11) is 1.42. The molecule has 1 N–H and O–H groups in total. The van der Waals surface area contributed by atoms with Gasteiger partial charge in [-0.15, -0.1) is 0 Å². The number of fused-ring (bicyclic) bond motifs is 1. The Morgan fingerprint density at radius 2 is 2.14 bits per heavy atom. The van der Waals surface area contributed by atoms with Crippen molar-refractivity contribution in [3.63, 3.8) is 0 Å². The fourth-order valence-corrected chi connectivity index (χ4v) is 1.27. The van der Waals surface area contributed by atoms with Crippen LogP contribution in [0.3, 0.4) is 0 Å². The first-order valence-electron chi connectivity index (χ1n) is 3.97. The molecule has 0 aromatic heterocycles. The monoisotopic (exact) mass is 192 g/mol. The lowest BCUT2D eigenvalue weighted by Crippen LogP contribution is -2.13. The molecule has 0 aliphatic carbocycles. The zero-order valence-corrected chi connectivity index (χ0v) is 7.47. The Bertz CT molecular complexity index is 412. The van der Waals surface area contributed by atoms with E-state index in [9.17, 15) is 0 Å². The molecule has 1 aromatic rings. The summed E-state index contributed by atoms with van der Waals surface area (Å²) in [5, 5.41) is 15.4. The first-order chi connectivity index (χ1) is 6.86. The first kappa shape index (κ1) is 8.55. The lowest BCUT2D eigenvalue weighted by atomic mass is 10.1. The van der Waals surface area contributed by atoms with Crippen LogP contribution in [-0.4, -0.2) is 23.9 Å². The van der Waals surface area contributed by atoms with Crippen molar-refractivity contribution in [2.24, 2.45) is 10.3 Å². The summed E-state index contributed by atoms with van der Waals surface area (Å²) in [6.45, 7) is 0. The topological polar surface area (TPSA) is 63.4 Å². The molecule has 0 spiro atoms. The van der Waals surface area contributed by atoms with Gasteiger partial charge in [0.2, 0.25) is 0 Å². The van der Waals surface area contributed by atoms with Gasteiger partial charge in [-0.3, -0.25) is 0 Å². The molecule has 1 aromatic carbocycles. The third kappa shape index (κ3) is 1.19. The van der Waals surface area contributed by atoms with Crippen LogP contribution in [0.15, 0.2) is 34.6 Å². The van der Waals surface area contributed by atoms with Crippen molar-refractivity contribution in [2.75, 3.05) is 7.11 Å². The van der Waals surface area contributed by atoms with Gasteiger partial charge in [-0.1, -0.05) is 17.3 Å². The standard InChI is InChI=1S/C9H8N2O3/c1-13-11-8-6-4-2-3-5-7(6)14-9(8)10-12/h2-5,12H,1H3/b10-9-,11-8-. The summed E-state index contributed by atoms with van der Waals surface area (Å²) in [5.41, 5.74) is 1.15. The van der Waals surface area contributed by atoms with Gasteiger partial charge in [0.15, 0.2) is 5.71 Å². The Balaban J connectivity index is 2.53. The average Bonchev–Trinajstić information content (AvgIpc) is 2.58. The van der Waals surface area contributed by atoms with E-state index in [0.29, 0.717) is 11.5 Å². The van der Waals surface area contributed by atoms with Crippen molar-refractivity contribution < 1.29 is 14.8 Å². The molecule has 1 heterocycles. The van der Waals surface area contributed by atoms with Crippen LogP contribution in [0.4, 0.5) is 0 Å². The van der Waals surface area contributed by atoms with Gasteiger partial charge in [0, 0.05) is 0 Å². The zero-order valence-electron chi connectivity index (χ0n) is 7.47. The van der Waals surface area contributed by atoms with Gasteiger partial charge in [-0.25, -0.2) is 0 Å². The summed E-state index contributed by atoms with van der Waals surface area (Å²) >= 11 is 0. The molecule has 0 unspecified atom stereocenters. The third-order valence-corrected chi connectivity index (χ3v) is 1.82. The SMILES string of the molecule is CO/N=C1\C(=N\O)Oc2ccccc21. The predicted molar refractivity (Wildman–Crippen MR) is 49.8 cm³/mol. The minimum Gasteiger partial charge on any atom is -0.434 e. The number of nitrogens with zero attached hydrogens (tertiary/aromatic N) is 2. The second-order valence-electron chi connectivity index (χ2n) is 2.63. The molecule has 5 heteroatoms. The maximum absolute atomic E-state index is 8.66. The smallest absolute Gasteiger partial charge is 0.285 e. The Kier molecular flexibility index (Phi) is 2.06. The highest BCUT2D eigenvalue weighted by molar-refractivity contribution is 6.48. The highest BCUT2D eigenvalue weighted by Crippen LogP contribution is 2.26. The van der Waals surface area contributed by atoms with E-state index in [1.165, 1.54) is 7.11 Å². The predicted octanol–water partition coefficient (Wildman–Crippen LogP) is 1.22. The molecule has 0 bridgehead atoms. The van der Waals surface area contributed by atoms with Crippen LogP contribution < -0.4 is 4.74 Å². The lowest BCUT2D eigenvalue weighted by molar-refractivity contribution is 0.214. The van der Waals surface area contributed by atoms with Gasteiger partial charge >= 0.3 is 0 Å². The second kappa shape index (κ2) is 3.37.